The first kappa shape index (κ1) is 12.0. The Bertz CT molecular complexity index is 391. The van der Waals surface area contributed by atoms with Gasteiger partial charge in [-0.05, 0) is 6.07 Å². The molecule has 1 aromatic rings. The summed E-state index contributed by atoms with van der Waals surface area (Å²) in [5, 5.41) is 8.96. The fraction of sp³-hybridized carbons (Fsp3) is 0.417. The summed E-state index contributed by atoms with van der Waals surface area (Å²) in [6, 6.07) is 6.22. The number of carbonyl (C=O) groups is 1. The molecule has 1 heterocycles. The van der Waals surface area contributed by atoms with E-state index in [1.165, 1.54) is 6.07 Å². The summed E-state index contributed by atoms with van der Waals surface area (Å²) in [6.07, 6.45) is 0. The van der Waals surface area contributed by atoms with E-state index in [0.717, 1.165) is 13.1 Å². The van der Waals surface area contributed by atoms with E-state index in [-0.39, 0.29) is 24.3 Å². The third kappa shape index (κ3) is 3.25. The van der Waals surface area contributed by atoms with Crippen LogP contribution in [-0.4, -0.2) is 31.6 Å². The van der Waals surface area contributed by atoms with Crippen LogP contribution in [0.15, 0.2) is 24.3 Å². The van der Waals surface area contributed by atoms with Crippen LogP contribution in [0.1, 0.15) is 5.56 Å². The molecule has 0 saturated carbocycles. The fourth-order valence-electron chi connectivity index (χ4n) is 1.79. The van der Waals surface area contributed by atoms with Crippen LogP contribution < -0.4 is 16.0 Å². The van der Waals surface area contributed by atoms with Gasteiger partial charge in [-0.2, -0.15) is 0 Å². The Labute approximate surface area is 99.6 Å². The number of halogens is 1. The maximum Gasteiger partial charge on any atom is 0.238 e. The van der Waals surface area contributed by atoms with Crippen molar-refractivity contribution in [1.82, 2.24) is 16.0 Å². The average molecular weight is 237 g/mol. The zero-order valence-electron chi connectivity index (χ0n) is 9.50. The molecule has 4 nitrogen and oxygen atoms in total. The lowest BCUT2D eigenvalue weighted by Gasteiger charge is -2.23. The Morgan fingerprint density at radius 2 is 2.24 bits per heavy atom. The Hall–Kier alpha value is -1.46. The lowest BCUT2D eigenvalue weighted by Crippen LogP contribution is -2.55. The number of hydrogen-bond acceptors (Lipinski definition) is 3. The van der Waals surface area contributed by atoms with Gasteiger partial charge in [0.25, 0.3) is 0 Å². The zero-order chi connectivity index (χ0) is 12.1. The number of benzene rings is 1. The van der Waals surface area contributed by atoms with E-state index in [0.29, 0.717) is 12.1 Å². The minimum atomic E-state index is -0.289. The first-order valence-electron chi connectivity index (χ1n) is 5.72. The highest BCUT2D eigenvalue weighted by Gasteiger charge is 2.19. The topological polar surface area (TPSA) is 53.2 Å². The molecule has 1 aliphatic rings. The molecule has 0 bridgehead atoms. The summed E-state index contributed by atoms with van der Waals surface area (Å²) in [5.74, 6) is -0.386. The summed E-state index contributed by atoms with van der Waals surface area (Å²) in [6.45, 7) is 2.49. The Morgan fingerprint density at radius 3 is 2.94 bits per heavy atom. The van der Waals surface area contributed by atoms with Gasteiger partial charge in [0.15, 0.2) is 0 Å². The molecule has 1 amide bonds. The molecule has 1 aromatic carbocycles. The van der Waals surface area contributed by atoms with Gasteiger partial charge in [0, 0.05) is 31.7 Å². The molecule has 3 N–H and O–H groups in total. The van der Waals surface area contributed by atoms with Crippen LogP contribution >= 0.6 is 0 Å². The Balaban J connectivity index is 1.85. The lowest BCUT2D eigenvalue weighted by molar-refractivity contribution is -0.123. The van der Waals surface area contributed by atoms with Crippen LogP contribution in [0.4, 0.5) is 4.39 Å². The Kier molecular flexibility index (Phi) is 4.06. The monoisotopic (exact) mass is 237 g/mol. The summed E-state index contributed by atoms with van der Waals surface area (Å²) < 4.78 is 13.3. The molecular weight excluding hydrogens is 221 g/mol. The van der Waals surface area contributed by atoms with Crippen molar-refractivity contribution in [2.45, 2.75) is 12.6 Å². The summed E-state index contributed by atoms with van der Waals surface area (Å²) in [5.41, 5.74) is 0.504. The average Bonchev–Trinajstić information content (AvgIpc) is 2.38. The van der Waals surface area contributed by atoms with Crippen molar-refractivity contribution in [3.8, 4) is 0 Å². The molecule has 92 valence electrons. The second-order valence-corrected chi connectivity index (χ2v) is 4.02. The SMILES string of the molecule is O=C(NCc1ccccc1F)C1CNCCN1. The number of amides is 1. The fourth-order valence-corrected chi connectivity index (χ4v) is 1.79. The summed E-state index contributed by atoms with van der Waals surface area (Å²) >= 11 is 0. The van der Waals surface area contributed by atoms with Crippen LogP contribution in [0.2, 0.25) is 0 Å². The molecule has 17 heavy (non-hydrogen) atoms. The number of nitrogens with one attached hydrogen (secondary N) is 3. The molecule has 0 aromatic heterocycles. The van der Waals surface area contributed by atoms with Gasteiger partial charge in [-0.3, -0.25) is 4.79 Å². The van der Waals surface area contributed by atoms with Crippen molar-refractivity contribution in [3.05, 3.63) is 35.6 Å². The number of carbonyl (C=O) groups excluding carboxylic acids is 1. The Morgan fingerprint density at radius 1 is 1.41 bits per heavy atom. The van der Waals surface area contributed by atoms with Crippen LogP contribution in [0.5, 0.6) is 0 Å². The van der Waals surface area contributed by atoms with Crippen LogP contribution in [0, 0.1) is 5.82 Å². The largest absolute Gasteiger partial charge is 0.351 e. The lowest BCUT2D eigenvalue weighted by atomic mass is 10.2. The number of piperazine rings is 1. The van der Waals surface area contributed by atoms with Crippen LogP contribution in [0.25, 0.3) is 0 Å². The molecule has 1 saturated heterocycles. The molecule has 1 unspecified atom stereocenters. The molecule has 0 aliphatic carbocycles. The first-order valence-corrected chi connectivity index (χ1v) is 5.72. The van der Waals surface area contributed by atoms with E-state index in [2.05, 4.69) is 16.0 Å². The second-order valence-electron chi connectivity index (χ2n) is 4.02. The molecule has 5 heteroatoms. The number of hydrogen-bond donors (Lipinski definition) is 3. The quantitative estimate of drug-likeness (QED) is 0.694. The van der Waals surface area contributed by atoms with Crippen LogP contribution in [0.3, 0.4) is 0 Å². The van der Waals surface area contributed by atoms with Gasteiger partial charge in [-0.15, -0.1) is 0 Å². The molecule has 1 aliphatic heterocycles. The molecule has 2 rings (SSSR count). The third-order valence-electron chi connectivity index (χ3n) is 2.77. The van der Waals surface area contributed by atoms with Crippen molar-refractivity contribution in [3.63, 3.8) is 0 Å². The normalized spacial score (nSPS) is 19.9. The summed E-state index contributed by atoms with van der Waals surface area (Å²) in [7, 11) is 0. The minimum absolute atomic E-state index is 0.0968. The van der Waals surface area contributed by atoms with Gasteiger partial charge < -0.3 is 16.0 Å². The van der Waals surface area contributed by atoms with Gasteiger partial charge in [0.2, 0.25) is 5.91 Å². The van der Waals surface area contributed by atoms with Crippen molar-refractivity contribution in [2.24, 2.45) is 0 Å². The molecule has 0 radical (unpaired) electrons. The summed E-state index contributed by atoms with van der Waals surface area (Å²) in [4.78, 5) is 11.7. The maximum atomic E-state index is 13.3. The van der Waals surface area contributed by atoms with Gasteiger partial charge >= 0.3 is 0 Å². The highest BCUT2D eigenvalue weighted by Crippen LogP contribution is 2.05. The third-order valence-corrected chi connectivity index (χ3v) is 2.77. The predicted octanol–water partition coefficient (Wildman–Crippen LogP) is 0.00330. The zero-order valence-corrected chi connectivity index (χ0v) is 9.50. The molecule has 1 atom stereocenters. The molecule has 0 spiro atoms. The van der Waals surface area contributed by atoms with Gasteiger partial charge in [-0.25, -0.2) is 4.39 Å². The van der Waals surface area contributed by atoms with E-state index in [1.54, 1.807) is 18.2 Å². The van der Waals surface area contributed by atoms with E-state index in [9.17, 15) is 9.18 Å². The molecular formula is C12H16FN3O. The number of rotatable bonds is 3. The maximum absolute atomic E-state index is 13.3. The highest BCUT2D eigenvalue weighted by molar-refractivity contribution is 5.82. The van der Waals surface area contributed by atoms with E-state index in [1.807, 2.05) is 0 Å². The van der Waals surface area contributed by atoms with E-state index < -0.39 is 0 Å². The smallest absolute Gasteiger partial charge is 0.238 e. The second kappa shape index (κ2) is 5.75. The van der Waals surface area contributed by atoms with E-state index in [4.69, 9.17) is 0 Å². The van der Waals surface area contributed by atoms with Gasteiger partial charge in [0.05, 0.1) is 6.04 Å². The van der Waals surface area contributed by atoms with Crippen molar-refractivity contribution >= 4 is 5.91 Å². The van der Waals surface area contributed by atoms with Crippen LogP contribution in [-0.2, 0) is 11.3 Å². The highest BCUT2D eigenvalue weighted by atomic mass is 19.1. The first-order chi connectivity index (χ1) is 8.27. The standard InChI is InChI=1S/C12H16FN3O/c13-10-4-2-1-3-9(10)7-16-12(17)11-8-14-5-6-15-11/h1-4,11,14-15H,5-8H2,(H,16,17). The van der Waals surface area contributed by atoms with Gasteiger partial charge in [-0.1, -0.05) is 18.2 Å². The predicted molar refractivity (Wildman–Crippen MR) is 62.9 cm³/mol. The van der Waals surface area contributed by atoms with Gasteiger partial charge in [0.1, 0.15) is 5.82 Å². The van der Waals surface area contributed by atoms with E-state index >= 15 is 0 Å². The van der Waals surface area contributed by atoms with Crippen molar-refractivity contribution < 1.29 is 9.18 Å². The minimum Gasteiger partial charge on any atom is -0.351 e. The molecule has 1 fully saturated rings. The van der Waals surface area contributed by atoms with Crippen molar-refractivity contribution in [1.29, 1.82) is 0 Å². The van der Waals surface area contributed by atoms with Crippen molar-refractivity contribution in [2.75, 3.05) is 19.6 Å².